The maximum absolute atomic E-state index is 5.33. The second kappa shape index (κ2) is 4.20. The molecule has 0 radical (unpaired) electrons. The van der Waals surface area contributed by atoms with Gasteiger partial charge in [0.2, 0.25) is 0 Å². The summed E-state index contributed by atoms with van der Waals surface area (Å²) in [7, 11) is 3.50. The normalized spacial score (nSPS) is 13.2. The van der Waals surface area contributed by atoms with Gasteiger partial charge < -0.3 is 4.74 Å². The van der Waals surface area contributed by atoms with Gasteiger partial charge in [0, 0.05) is 25.9 Å². The number of hydrogen-bond acceptors (Lipinski definition) is 4. The number of rotatable bonds is 4. The molecule has 0 amide bonds. The number of nitrogens with one attached hydrogen (secondary N) is 1. The van der Waals surface area contributed by atoms with Crippen LogP contribution in [0.15, 0.2) is 12.4 Å². The van der Waals surface area contributed by atoms with E-state index in [0.717, 1.165) is 5.56 Å². The number of hydrogen-bond donors (Lipinski definition) is 2. The smallest absolute Gasteiger partial charge is 0.0724 e. The molecule has 0 fully saturated rings. The van der Waals surface area contributed by atoms with Crippen LogP contribution in [-0.4, -0.2) is 23.5 Å². The molecular formula is C7H14N4O. The van der Waals surface area contributed by atoms with Crippen LogP contribution in [0.2, 0.25) is 0 Å². The third-order valence-electron chi connectivity index (χ3n) is 1.66. The topological polar surface area (TPSA) is 65.1 Å². The number of nitrogens with zero attached hydrogens (tertiary/aromatic N) is 2. The van der Waals surface area contributed by atoms with Crippen LogP contribution >= 0.6 is 0 Å². The predicted molar refractivity (Wildman–Crippen MR) is 45.1 cm³/mol. The van der Waals surface area contributed by atoms with Crippen LogP contribution < -0.4 is 11.3 Å². The van der Waals surface area contributed by atoms with E-state index in [1.165, 1.54) is 0 Å². The van der Waals surface area contributed by atoms with E-state index in [0.29, 0.717) is 6.61 Å². The van der Waals surface area contributed by atoms with Gasteiger partial charge in [0.1, 0.15) is 0 Å². The molecule has 0 saturated carbocycles. The van der Waals surface area contributed by atoms with Crippen molar-refractivity contribution >= 4 is 0 Å². The summed E-state index contributed by atoms with van der Waals surface area (Å²) >= 11 is 0. The van der Waals surface area contributed by atoms with Crippen molar-refractivity contribution in [1.29, 1.82) is 0 Å². The summed E-state index contributed by atoms with van der Waals surface area (Å²) in [4.78, 5) is 0. The molecule has 0 spiro atoms. The van der Waals surface area contributed by atoms with E-state index in [4.69, 9.17) is 10.6 Å². The second-order valence-corrected chi connectivity index (χ2v) is 2.62. The van der Waals surface area contributed by atoms with Crippen molar-refractivity contribution in [2.45, 2.75) is 6.04 Å². The molecule has 1 rings (SSSR count). The highest BCUT2D eigenvalue weighted by molar-refractivity contribution is 5.09. The molecule has 1 atom stereocenters. The van der Waals surface area contributed by atoms with Crippen molar-refractivity contribution in [1.82, 2.24) is 15.2 Å². The van der Waals surface area contributed by atoms with Crippen molar-refractivity contribution in [2.24, 2.45) is 12.9 Å². The molecular weight excluding hydrogens is 156 g/mol. The minimum absolute atomic E-state index is 0.0173. The zero-order valence-corrected chi connectivity index (χ0v) is 7.32. The highest BCUT2D eigenvalue weighted by Gasteiger charge is 2.09. The average Bonchev–Trinajstić information content (AvgIpc) is 2.47. The lowest BCUT2D eigenvalue weighted by Gasteiger charge is -2.11. The van der Waals surface area contributed by atoms with Crippen LogP contribution in [0.3, 0.4) is 0 Å². The van der Waals surface area contributed by atoms with Crippen molar-refractivity contribution < 1.29 is 4.74 Å². The van der Waals surface area contributed by atoms with Gasteiger partial charge in [-0.2, -0.15) is 5.10 Å². The first-order valence-corrected chi connectivity index (χ1v) is 3.71. The Bertz CT molecular complexity index is 235. The number of aryl methyl sites for hydroxylation is 1. The third-order valence-corrected chi connectivity index (χ3v) is 1.66. The van der Waals surface area contributed by atoms with Gasteiger partial charge in [-0.1, -0.05) is 0 Å². The molecule has 1 aromatic rings. The molecule has 5 nitrogen and oxygen atoms in total. The summed E-state index contributed by atoms with van der Waals surface area (Å²) in [6.45, 7) is 0.544. The Morgan fingerprint density at radius 3 is 3.00 bits per heavy atom. The van der Waals surface area contributed by atoms with E-state index < -0.39 is 0 Å². The molecule has 68 valence electrons. The van der Waals surface area contributed by atoms with E-state index in [1.54, 1.807) is 18.0 Å². The first-order valence-electron chi connectivity index (χ1n) is 3.71. The summed E-state index contributed by atoms with van der Waals surface area (Å²) in [5.74, 6) is 5.33. The highest BCUT2D eigenvalue weighted by atomic mass is 16.5. The molecule has 1 aromatic heterocycles. The molecule has 0 aliphatic rings. The summed E-state index contributed by atoms with van der Waals surface area (Å²) in [5.41, 5.74) is 3.68. The summed E-state index contributed by atoms with van der Waals surface area (Å²) in [6, 6.07) is 0.0173. The Hall–Kier alpha value is -0.910. The Morgan fingerprint density at radius 2 is 2.58 bits per heavy atom. The van der Waals surface area contributed by atoms with Crippen molar-refractivity contribution in [2.75, 3.05) is 13.7 Å². The first-order chi connectivity index (χ1) is 5.77. The van der Waals surface area contributed by atoms with Crippen molar-refractivity contribution in [3.8, 4) is 0 Å². The monoisotopic (exact) mass is 170 g/mol. The van der Waals surface area contributed by atoms with E-state index >= 15 is 0 Å². The van der Waals surface area contributed by atoms with E-state index in [9.17, 15) is 0 Å². The summed E-state index contributed by atoms with van der Waals surface area (Å²) in [5, 5.41) is 4.03. The fourth-order valence-electron chi connectivity index (χ4n) is 1.03. The molecule has 12 heavy (non-hydrogen) atoms. The number of aromatic nitrogens is 2. The van der Waals surface area contributed by atoms with Crippen LogP contribution in [0, 0.1) is 0 Å². The van der Waals surface area contributed by atoms with Gasteiger partial charge in [-0.3, -0.25) is 16.0 Å². The van der Waals surface area contributed by atoms with Crippen LogP contribution in [0.1, 0.15) is 11.6 Å². The van der Waals surface area contributed by atoms with Gasteiger partial charge in [-0.15, -0.1) is 0 Å². The standard InChI is InChI=1S/C7H14N4O/c1-11-4-6(3-9-11)7(10-8)5-12-2/h3-4,7,10H,5,8H2,1-2H3. The minimum atomic E-state index is 0.0173. The fourth-order valence-corrected chi connectivity index (χ4v) is 1.03. The van der Waals surface area contributed by atoms with Gasteiger partial charge >= 0.3 is 0 Å². The molecule has 0 aromatic carbocycles. The van der Waals surface area contributed by atoms with Gasteiger partial charge in [0.05, 0.1) is 18.8 Å². The quantitative estimate of drug-likeness (QED) is 0.475. The van der Waals surface area contributed by atoms with Crippen LogP contribution in [0.5, 0.6) is 0 Å². The van der Waals surface area contributed by atoms with Gasteiger partial charge in [-0.25, -0.2) is 0 Å². The zero-order chi connectivity index (χ0) is 8.97. The molecule has 5 heteroatoms. The molecule has 0 aliphatic heterocycles. The number of hydrazine groups is 1. The number of methoxy groups -OCH3 is 1. The van der Waals surface area contributed by atoms with E-state index in [-0.39, 0.29) is 6.04 Å². The highest BCUT2D eigenvalue weighted by Crippen LogP contribution is 2.09. The Morgan fingerprint density at radius 1 is 1.83 bits per heavy atom. The lowest BCUT2D eigenvalue weighted by atomic mass is 10.2. The fraction of sp³-hybridized carbons (Fsp3) is 0.571. The molecule has 0 bridgehead atoms. The SMILES string of the molecule is COCC(NN)c1cnn(C)c1. The third kappa shape index (κ3) is 2.04. The lowest BCUT2D eigenvalue weighted by Crippen LogP contribution is -2.30. The van der Waals surface area contributed by atoms with Gasteiger partial charge in [0.25, 0.3) is 0 Å². The Balaban J connectivity index is 2.66. The Labute approximate surface area is 71.5 Å². The molecule has 0 aliphatic carbocycles. The molecule has 1 heterocycles. The lowest BCUT2D eigenvalue weighted by molar-refractivity contribution is 0.167. The minimum Gasteiger partial charge on any atom is -0.383 e. The van der Waals surface area contributed by atoms with Crippen molar-refractivity contribution in [3.05, 3.63) is 18.0 Å². The van der Waals surface area contributed by atoms with Gasteiger partial charge in [0.15, 0.2) is 0 Å². The number of nitrogens with two attached hydrogens (primary N) is 1. The van der Waals surface area contributed by atoms with Crippen LogP contribution in [-0.2, 0) is 11.8 Å². The molecule has 1 unspecified atom stereocenters. The van der Waals surface area contributed by atoms with E-state index in [1.807, 2.05) is 13.2 Å². The Kier molecular flexibility index (Phi) is 3.21. The molecule has 3 N–H and O–H groups in total. The second-order valence-electron chi connectivity index (χ2n) is 2.62. The van der Waals surface area contributed by atoms with E-state index in [2.05, 4.69) is 10.5 Å². The maximum Gasteiger partial charge on any atom is 0.0724 e. The predicted octanol–water partition coefficient (Wildman–Crippen LogP) is -0.429. The average molecular weight is 170 g/mol. The van der Waals surface area contributed by atoms with Crippen LogP contribution in [0.25, 0.3) is 0 Å². The first kappa shape index (κ1) is 9.18. The summed E-state index contributed by atoms with van der Waals surface area (Å²) in [6.07, 6.45) is 3.67. The maximum atomic E-state index is 5.33. The summed E-state index contributed by atoms with van der Waals surface area (Å²) < 4.78 is 6.71. The number of ether oxygens (including phenoxy) is 1. The largest absolute Gasteiger partial charge is 0.383 e. The van der Waals surface area contributed by atoms with Gasteiger partial charge in [-0.05, 0) is 0 Å². The van der Waals surface area contributed by atoms with Crippen LogP contribution in [0.4, 0.5) is 0 Å². The molecule has 0 saturated heterocycles. The zero-order valence-electron chi connectivity index (χ0n) is 7.32. The van der Waals surface area contributed by atoms with Crippen molar-refractivity contribution in [3.63, 3.8) is 0 Å².